The van der Waals surface area contributed by atoms with Gasteiger partial charge in [0, 0.05) is 6.04 Å². The minimum atomic E-state index is 0.513. The molecular formula is C11H19N. The van der Waals surface area contributed by atoms with Gasteiger partial charge in [0.15, 0.2) is 0 Å². The maximum atomic E-state index is 3.77. The molecule has 0 saturated heterocycles. The van der Waals surface area contributed by atoms with Crippen molar-refractivity contribution in [3.8, 4) is 0 Å². The maximum Gasteiger partial charge on any atom is 0.00761 e. The second kappa shape index (κ2) is 6.86. The van der Waals surface area contributed by atoms with E-state index in [9.17, 15) is 0 Å². The molecule has 0 aromatic rings. The van der Waals surface area contributed by atoms with Crippen molar-refractivity contribution in [2.45, 2.75) is 26.3 Å². The van der Waals surface area contributed by atoms with Crippen LogP contribution in [-0.2, 0) is 0 Å². The van der Waals surface area contributed by atoms with E-state index in [0.29, 0.717) is 6.04 Å². The Morgan fingerprint density at radius 1 is 1.58 bits per heavy atom. The molecule has 0 saturated carbocycles. The molecule has 12 heavy (non-hydrogen) atoms. The lowest BCUT2D eigenvalue weighted by Gasteiger charge is -2.09. The second-order valence-electron chi connectivity index (χ2n) is 2.87. The fraction of sp³-hybridized carbons (Fsp3) is 0.455. The molecule has 0 bridgehead atoms. The molecule has 1 N–H and O–H groups in total. The zero-order valence-corrected chi connectivity index (χ0v) is 8.30. The molecule has 68 valence electrons. The molecule has 1 heteroatoms. The van der Waals surface area contributed by atoms with Crippen molar-refractivity contribution < 1.29 is 0 Å². The van der Waals surface area contributed by atoms with Crippen molar-refractivity contribution in [1.29, 1.82) is 0 Å². The molecule has 0 spiro atoms. The first kappa shape index (κ1) is 11.2. The summed E-state index contributed by atoms with van der Waals surface area (Å²) >= 11 is 0. The van der Waals surface area contributed by atoms with Gasteiger partial charge in [-0.15, -0.1) is 0 Å². The molecule has 0 aliphatic rings. The Balaban J connectivity index is 4.07. The van der Waals surface area contributed by atoms with Crippen LogP contribution in [0.3, 0.4) is 0 Å². The van der Waals surface area contributed by atoms with E-state index in [-0.39, 0.29) is 0 Å². The van der Waals surface area contributed by atoms with Crippen molar-refractivity contribution in [2.24, 2.45) is 0 Å². The van der Waals surface area contributed by atoms with Gasteiger partial charge in [-0.1, -0.05) is 30.9 Å². The van der Waals surface area contributed by atoms with Crippen LogP contribution in [0, 0.1) is 0 Å². The molecule has 0 radical (unpaired) electrons. The molecular weight excluding hydrogens is 146 g/mol. The van der Waals surface area contributed by atoms with Crippen LogP contribution < -0.4 is 5.32 Å². The molecule has 0 aromatic heterocycles. The Labute approximate surface area is 75.9 Å². The van der Waals surface area contributed by atoms with Crippen molar-refractivity contribution >= 4 is 0 Å². The predicted octanol–water partition coefficient (Wildman–Crippen LogP) is 2.67. The van der Waals surface area contributed by atoms with Crippen molar-refractivity contribution in [3.05, 3.63) is 36.5 Å². The molecule has 1 nitrogen and oxygen atoms in total. The first-order valence-electron chi connectivity index (χ1n) is 4.36. The van der Waals surface area contributed by atoms with Gasteiger partial charge in [0.05, 0.1) is 0 Å². The quantitative estimate of drug-likeness (QED) is 0.618. The summed E-state index contributed by atoms with van der Waals surface area (Å²) < 4.78 is 0. The van der Waals surface area contributed by atoms with Crippen LogP contribution in [0.4, 0.5) is 0 Å². The molecule has 0 aliphatic carbocycles. The number of rotatable bonds is 5. The predicted molar refractivity (Wildman–Crippen MR) is 56.2 cm³/mol. The van der Waals surface area contributed by atoms with E-state index in [2.05, 4.69) is 24.9 Å². The van der Waals surface area contributed by atoms with Gasteiger partial charge < -0.3 is 5.32 Å². The summed E-state index contributed by atoms with van der Waals surface area (Å²) in [4.78, 5) is 0. The Hall–Kier alpha value is -0.820. The Morgan fingerprint density at radius 3 is 2.67 bits per heavy atom. The highest BCUT2D eigenvalue weighted by Crippen LogP contribution is 2.06. The summed E-state index contributed by atoms with van der Waals surface area (Å²) in [6, 6.07) is 0.513. The van der Waals surface area contributed by atoms with Crippen LogP contribution in [-0.4, -0.2) is 13.1 Å². The van der Waals surface area contributed by atoms with Gasteiger partial charge in [0.2, 0.25) is 0 Å². The maximum absolute atomic E-state index is 3.77. The third kappa shape index (κ3) is 4.91. The summed E-state index contributed by atoms with van der Waals surface area (Å²) in [5.41, 5.74) is 1.27. The second-order valence-corrected chi connectivity index (χ2v) is 2.87. The van der Waals surface area contributed by atoms with Crippen molar-refractivity contribution in [1.82, 2.24) is 5.32 Å². The van der Waals surface area contributed by atoms with E-state index in [0.717, 1.165) is 6.42 Å². The van der Waals surface area contributed by atoms with Gasteiger partial charge in [-0.25, -0.2) is 0 Å². The summed E-state index contributed by atoms with van der Waals surface area (Å²) in [5, 5.41) is 3.19. The van der Waals surface area contributed by atoms with Crippen molar-refractivity contribution in [2.75, 3.05) is 7.05 Å². The summed E-state index contributed by atoms with van der Waals surface area (Å²) in [5.74, 6) is 0. The highest BCUT2D eigenvalue weighted by atomic mass is 14.8. The lowest BCUT2D eigenvalue weighted by Crippen LogP contribution is -2.21. The average molecular weight is 165 g/mol. The highest BCUT2D eigenvalue weighted by Gasteiger charge is 1.98. The number of hydrogen-bond donors (Lipinski definition) is 1. The van der Waals surface area contributed by atoms with Crippen LogP contribution >= 0.6 is 0 Å². The number of nitrogens with one attached hydrogen (secondary N) is 1. The number of allylic oxidation sites excluding steroid dienone is 4. The van der Waals surface area contributed by atoms with Crippen LogP contribution in [0.25, 0.3) is 0 Å². The van der Waals surface area contributed by atoms with E-state index >= 15 is 0 Å². The third-order valence-electron chi connectivity index (χ3n) is 1.80. The van der Waals surface area contributed by atoms with Crippen LogP contribution in [0.1, 0.15) is 20.3 Å². The van der Waals surface area contributed by atoms with Crippen LogP contribution in [0.15, 0.2) is 36.5 Å². The normalized spacial score (nSPS) is 15.1. The Bertz CT molecular complexity index is 177. The fourth-order valence-electron chi connectivity index (χ4n) is 0.895. The van der Waals surface area contributed by atoms with E-state index in [1.165, 1.54) is 5.57 Å². The fourth-order valence-corrected chi connectivity index (χ4v) is 0.895. The van der Waals surface area contributed by atoms with E-state index in [1.54, 1.807) is 0 Å². The minimum Gasteiger partial charge on any atom is -0.317 e. The topological polar surface area (TPSA) is 12.0 Å². The molecule has 0 fully saturated rings. The average Bonchev–Trinajstić information content (AvgIpc) is 2.11. The van der Waals surface area contributed by atoms with Crippen LogP contribution in [0.2, 0.25) is 0 Å². The van der Waals surface area contributed by atoms with E-state index in [1.807, 2.05) is 32.2 Å². The minimum absolute atomic E-state index is 0.513. The zero-order valence-electron chi connectivity index (χ0n) is 8.30. The highest BCUT2D eigenvalue weighted by molar-refractivity contribution is 5.22. The Morgan fingerprint density at radius 2 is 2.25 bits per heavy atom. The van der Waals surface area contributed by atoms with Gasteiger partial charge in [-0.05, 0) is 32.9 Å². The van der Waals surface area contributed by atoms with E-state index in [4.69, 9.17) is 0 Å². The molecule has 0 unspecified atom stereocenters. The molecule has 0 rings (SSSR count). The Kier molecular flexibility index (Phi) is 6.39. The molecule has 0 heterocycles. The summed E-state index contributed by atoms with van der Waals surface area (Å²) in [7, 11) is 1.97. The lowest BCUT2D eigenvalue weighted by molar-refractivity contribution is 0.610. The zero-order chi connectivity index (χ0) is 9.40. The summed E-state index contributed by atoms with van der Waals surface area (Å²) in [6.07, 6.45) is 9.10. The first-order valence-corrected chi connectivity index (χ1v) is 4.36. The van der Waals surface area contributed by atoms with Crippen molar-refractivity contribution in [3.63, 3.8) is 0 Å². The summed E-state index contributed by atoms with van der Waals surface area (Å²) in [6.45, 7) is 7.94. The van der Waals surface area contributed by atoms with Crippen LogP contribution in [0.5, 0.6) is 0 Å². The molecule has 0 amide bonds. The van der Waals surface area contributed by atoms with Gasteiger partial charge >= 0.3 is 0 Å². The number of hydrogen-bond acceptors (Lipinski definition) is 1. The smallest absolute Gasteiger partial charge is 0.00761 e. The monoisotopic (exact) mass is 165 g/mol. The van der Waals surface area contributed by atoms with Gasteiger partial charge in [-0.2, -0.15) is 0 Å². The standard InChI is InChI=1S/C11H19N/c1-5-7-8-11(6-2)9-10(3)12-4/h5-8,10,12H,2,9H2,1,3-4H3/b7-5-,11-8+/t10-/m1/s1. The first-order chi connectivity index (χ1) is 5.74. The third-order valence-corrected chi connectivity index (χ3v) is 1.80. The van der Waals surface area contributed by atoms with E-state index < -0.39 is 0 Å². The van der Waals surface area contributed by atoms with Gasteiger partial charge in [0.25, 0.3) is 0 Å². The van der Waals surface area contributed by atoms with Gasteiger partial charge in [0.1, 0.15) is 0 Å². The largest absolute Gasteiger partial charge is 0.317 e. The molecule has 1 atom stereocenters. The lowest BCUT2D eigenvalue weighted by atomic mass is 10.1. The SMILES string of the molecule is C=C/C(=C\C=C/C)C[C@@H](C)NC. The molecule has 0 aromatic carbocycles. The molecule has 0 aliphatic heterocycles. The van der Waals surface area contributed by atoms with Gasteiger partial charge in [-0.3, -0.25) is 0 Å².